The number of nitrogens with two attached hydrogens (primary N) is 1. The summed E-state index contributed by atoms with van der Waals surface area (Å²) in [5.41, 5.74) is 8.14. The number of fused-ring (bicyclic) bond motifs is 1. The van der Waals surface area contributed by atoms with E-state index < -0.39 is 0 Å². The molecular formula is C19H23ClN2O3. The summed E-state index contributed by atoms with van der Waals surface area (Å²) < 4.78 is 11.1. The van der Waals surface area contributed by atoms with Gasteiger partial charge in [0, 0.05) is 19.0 Å². The van der Waals surface area contributed by atoms with Gasteiger partial charge in [-0.05, 0) is 29.7 Å². The zero-order chi connectivity index (χ0) is 16.8. The maximum atomic E-state index is 12.0. The Morgan fingerprint density at radius 3 is 2.56 bits per heavy atom. The van der Waals surface area contributed by atoms with Crippen molar-refractivity contribution >= 4 is 18.3 Å². The molecule has 0 radical (unpaired) electrons. The Hall–Kier alpha value is -2.24. The van der Waals surface area contributed by atoms with Crippen molar-refractivity contribution in [1.82, 2.24) is 5.32 Å². The van der Waals surface area contributed by atoms with Gasteiger partial charge in [0.15, 0.2) is 11.5 Å². The highest BCUT2D eigenvalue weighted by molar-refractivity contribution is 5.85. The number of carbonyl (C=O) groups excluding carboxylic acids is 1. The van der Waals surface area contributed by atoms with E-state index in [1.54, 1.807) is 0 Å². The standard InChI is InChI=1S/C19H22N2O3.ClH/c20-16(15-4-2-1-3-5-15)13-19(22)21-9-8-14-6-7-17-18(12-14)24-11-10-23-17;/h1-7,12,16H,8-11,13,20H2,(H,21,22);1H. The molecule has 1 atom stereocenters. The predicted molar refractivity (Wildman–Crippen MR) is 99.4 cm³/mol. The molecule has 0 aliphatic carbocycles. The number of carbonyl (C=O) groups is 1. The number of hydrogen-bond donors (Lipinski definition) is 2. The number of benzene rings is 2. The zero-order valence-corrected chi connectivity index (χ0v) is 14.8. The van der Waals surface area contributed by atoms with Crippen molar-refractivity contribution in [2.75, 3.05) is 19.8 Å². The maximum absolute atomic E-state index is 12.0. The van der Waals surface area contributed by atoms with Gasteiger partial charge in [0.25, 0.3) is 0 Å². The molecule has 1 aliphatic heterocycles. The number of rotatable bonds is 6. The van der Waals surface area contributed by atoms with E-state index in [1.165, 1.54) is 0 Å². The van der Waals surface area contributed by atoms with Gasteiger partial charge in [0.05, 0.1) is 0 Å². The highest BCUT2D eigenvalue weighted by Crippen LogP contribution is 2.30. The van der Waals surface area contributed by atoms with Crippen LogP contribution >= 0.6 is 12.4 Å². The molecule has 5 nitrogen and oxygen atoms in total. The monoisotopic (exact) mass is 362 g/mol. The Bertz CT molecular complexity index is 694. The zero-order valence-electron chi connectivity index (χ0n) is 13.9. The first-order valence-electron chi connectivity index (χ1n) is 8.18. The van der Waals surface area contributed by atoms with Gasteiger partial charge >= 0.3 is 0 Å². The topological polar surface area (TPSA) is 73.6 Å². The Morgan fingerprint density at radius 2 is 1.80 bits per heavy atom. The highest BCUT2D eigenvalue weighted by Gasteiger charge is 2.13. The second kappa shape index (κ2) is 9.30. The minimum atomic E-state index is -0.277. The minimum absolute atomic E-state index is 0. The summed E-state index contributed by atoms with van der Waals surface area (Å²) >= 11 is 0. The Balaban J connectivity index is 0.00000225. The van der Waals surface area contributed by atoms with Crippen LogP contribution in [0.1, 0.15) is 23.6 Å². The largest absolute Gasteiger partial charge is 0.486 e. The molecule has 25 heavy (non-hydrogen) atoms. The molecule has 0 fully saturated rings. The van der Waals surface area contributed by atoms with E-state index >= 15 is 0 Å². The Kier molecular flexibility index (Phi) is 7.10. The molecule has 3 rings (SSSR count). The van der Waals surface area contributed by atoms with Crippen LogP contribution in [0.25, 0.3) is 0 Å². The van der Waals surface area contributed by atoms with E-state index in [9.17, 15) is 4.79 Å². The van der Waals surface area contributed by atoms with Crippen LogP contribution in [-0.2, 0) is 11.2 Å². The average molecular weight is 363 g/mol. The maximum Gasteiger partial charge on any atom is 0.221 e. The second-order valence-corrected chi connectivity index (χ2v) is 5.80. The molecule has 1 amide bonds. The third kappa shape index (κ3) is 5.37. The van der Waals surface area contributed by atoms with Crippen molar-refractivity contribution in [2.24, 2.45) is 5.73 Å². The van der Waals surface area contributed by atoms with Gasteiger partial charge in [-0.2, -0.15) is 0 Å². The first-order valence-corrected chi connectivity index (χ1v) is 8.18. The van der Waals surface area contributed by atoms with Crippen LogP contribution < -0.4 is 20.5 Å². The minimum Gasteiger partial charge on any atom is -0.486 e. The first kappa shape index (κ1) is 19.1. The lowest BCUT2D eigenvalue weighted by atomic mass is 10.0. The fourth-order valence-corrected chi connectivity index (χ4v) is 2.68. The average Bonchev–Trinajstić information content (AvgIpc) is 2.62. The summed E-state index contributed by atoms with van der Waals surface area (Å²) in [5, 5.41) is 2.92. The number of hydrogen-bond acceptors (Lipinski definition) is 4. The molecule has 6 heteroatoms. The molecule has 2 aromatic carbocycles. The van der Waals surface area contributed by atoms with Gasteiger partial charge < -0.3 is 20.5 Å². The summed E-state index contributed by atoms with van der Waals surface area (Å²) in [4.78, 5) is 12.0. The van der Waals surface area contributed by atoms with E-state index in [4.69, 9.17) is 15.2 Å². The van der Waals surface area contributed by atoms with Gasteiger partial charge in [-0.25, -0.2) is 0 Å². The molecule has 0 bridgehead atoms. The van der Waals surface area contributed by atoms with E-state index in [2.05, 4.69) is 5.32 Å². The number of ether oxygens (including phenoxy) is 2. The molecular weight excluding hydrogens is 340 g/mol. The lowest BCUT2D eigenvalue weighted by Crippen LogP contribution is -2.29. The van der Waals surface area contributed by atoms with E-state index in [-0.39, 0.29) is 30.8 Å². The van der Waals surface area contributed by atoms with Crippen LogP contribution in [-0.4, -0.2) is 25.7 Å². The van der Waals surface area contributed by atoms with Crippen LogP contribution in [0, 0.1) is 0 Å². The fourth-order valence-electron chi connectivity index (χ4n) is 2.68. The molecule has 0 aromatic heterocycles. The van der Waals surface area contributed by atoms with E-state index in [0.717, 1.165) is 29.0 Å². The van der Waals surface area contributed by atoms with Gasteiger partial charge in [0.2, 0.25) is 5.91 Å². The summed E-state index contributed by atoms with van der Waals surface area (Å²) in [7, 11) is 0. The Labute approximate surface area is 153 Å². The fraction of sp³-hybridized carbons (Fsp3) is 0.316. The smallest absolute Gasteiger partial charge is 0.221 e. The second-order valence-electron chi connectivity index (χ2n) is 5.80. The number of nitrogens with one attached hydrogen (secondary N) is 1. The lowest BCUT2D eigenvalue weighted by molar-refractivity contribution is -0.121. The first-order chi connectivity index (χ1) is 11.7. The normalized spacial score (nSPS) is 13.5. The molecule has 134 valence electrons. The quantitative estimate of drug-likeness (QED) is 0.828. The van der Waals surface area contributed by atoms with Crippen molar-refractivity contribution in [3.05, 3.63) is 59.7 Å². The molecule has 2 aromatic rings. The van der Waals surface area contributed by atoms with Crippen molar-refractivity contribution in [1.29, 1.82) is 0 Å². The van der Waals surface area contributed by atoms with Gasteiger partial charge in [-0.3, -0.25) is 4.79 Å². The predicted octanol–water partition coefficient (Wildman–Crippen LogP) is 2.63. The molecule has 1 unspecified atom stereocenters. The van der Waals surface area contributed by atoms with Crippen LogP contribution in [0.2, 0.25) is 0 Å². The molecule has 0 saturated carbocycles. The molecule has 1 heterocycles. The molecule has 0 spiro atoms. The van der Waals surface area contributed by atoms with E-state index in [0.29, 0.717) is 19.8 Å². The van der Waals surface area contributed by atoms with E-state index in [1.807, 2.05) is 48.5 Å². The summed E-state index contributed by atoms with van der Waals surface area (Å²) in [6, 6.07) is 15.3. The SMILES string of the molecule is Cl.NC(CC(=O)NCCc1ccc2c(c1)OCCO2)c1ccccc1. The van der Waals surface area contributed by atoms with Crippen molar-refractivity contribution in [2.45, 2.75) is 18.9 Å². The number of amides is 1. The van der Waals surface area contributed by atoms with Crippen LogP contribution in [0.3, 0.4) is 0 Å². The highest BCUT2D eigenvalue weighted by atomic mass is 35.5. The molecule has 1 aliphatic rings. The van der Waals surface area contributed by atoms with Crippen molar-refractivity contribution < 1.29 is 14.3 Å². The molecule has 0 saturated heterocycles. The third-order valence-electron chi connectivity index (χ3n) is 3.98. The van der Waals surface area contributed by atoms with Crippen LogP contribution in [0.4, 0.5) is 0 Å². The van der Waals surface area contributed by atoms with Crippen LogP contribution in [0.15, 0.2) is 48.5 Å². The number of halogens is 1. The van der Waals surface area contributed by atoms with Crippen molar-refractivity contribution in [3.8, 4) is 11.5 Å². The Morgan fingerprint density at radius 1 is 1.08 bits per heavy atom. The molecule has 3 N–H and O–H groups in total. The van der Waals surface area contributed by atoms with Gasteiger partial charge in [0.1, 0.15) is 13.2 Å². The van der Waals surface area contributed by atoms with Gasteiger partial charge in [-0.1, -0.05) is 36.4 Å². The summed E-state index contributed by atoms with van der Waals surface area (Å²) in [6.45, 7) is 1.73. The summed E-state index contributed by atoms with van der Waals surface area (Å²) in [5.74, 6) is 1.52. The van der Waals surface area contributed by atoms with Crippen LogP contribution in [0.5, 0.6) is 11.5 Å². The van der Waals surface area contributed by atoms with Crippen molar-refractivity contribution in [3.63, 3.8) is 0 Å². The third-order valence-corrected chi connectivity index (χ3v) is 3.98. The summed E-state index contributed by atoms with van der Waals surface area (Å²) in [6.07, 6.45) is 1.02. The van der Waals surface area contributed by atoms with Gasteiger partial charge in [-0.15, -0.1) is 12.4 Å². The lowest BCUT2D eigenvalue weighted by Gasteiger charge is -2.19.